The molecular weight excluding hydrogens is 339 g/mol. The van der Waals surface area contributed by atoms with Crippen LogP contribution in [0.3, 0.4) is 0 Å². The summed E-state index contributed by atoms with van der Waals surface area (Å²) in [6.07, 6.45) is 1.41. The molecule has 2 aromatic carbocycles. The van der Waals surface area contributed by atoms with Gasteiger partial charge in [-0.2, -0.15) is 0 Å². The number of aromatic nitrogens is 1. The van der Waals surface area contributed by atoms with Gasteiger partial charge in [0, 0.05) is 22.7 Å². The summed E-state index contributed by atoms with van der Waals surface area (Å²) in [5, 5.41) is 28.0. The Bertz CT molecular complexity index is 939. The zero-order valence-electron chi connectivity index (χ0n) is 12.1. The molecule has 0 aliphatic rings. The predicted molar refractivity (Wildman–Crippen MR) is 85.1 cm³/mol. The van der Waals surface area contributed by atoms with E-state index < -0.39 is 11.7 Å². The number of rotatable bonds is 3. The van der Waals surface area contributed by atoms with Crippen LogP contribution in [0.4, 0.5) is 10.1 Å². The summed E-state index contributed by atoms with van der Waals surface area (Å²) in [5.74, 6) is -0.974. The van der Waals surface area contributed by atoms with Gasteiger partial charge in [-0.05, 0) is 36.4 Å². The number of anilines is 1. The number of hydrogen-bond acceptors (Lipinski definition) is 5. The monoisotopic (exact) mass is 350 g/mol. The molecule has 1 aromatic heterocycles. The molecule has 0 unspecified atom stereocenters. The van der Waals surface area contributed by atoms with Crippen molar-refractivity contribution in [2.24, 2.45) is 0 Å². The van der Waals surface area contributed by atoms with Gasteiger partial charge in [-0.25, -0.2) is 4.39 Å². The molecule has 1 heterocycles. The van der Waals surface area contributed by atoms with E-state index in [0.29, 0.717) is 16.5 Å². The van der Waals surface area contributed by atoms with E-state index >= 15 is 0 Å². The highest BCUT2D eigenvalue weighted by molar-refractivity contribution is 6.33. The Morgan fingerprint density at radius 2 is 1.96 bits per heavy atom. The summed E-state index contributed by atoms with van der Waals surface area (Å²) in [7, 11) is 0. The van der Waals surface area contributed by atoms with E-state index in [1.165, 1.54) is 47.2 Å². The van der Waals surface area contributed by atoms with Crippen LogP contribution in [0.1, 0.15) is 15.9 Å². The second kappa shape index (κ2) is 6.21. The van der Waals surface area contributed by atoms with Crippen LogP contribution in [-0.4, -0.2) is 26.0 Å². The minimum Gasteiger partial charge on any atom is -0.392 e. The van der Waals surface area contributed by atoms with E-state index in [4.69, 9.17) is 22.0 Å². The normalized spacial score (nSPS) is 11.0. The van der Waals surface area contributed by atoms with Gasteiger partial charge >= 0.3 is 0 Å². The molecule has 3 N–H and O–H groups in total. The van der Waals surface area contributed by atoms with Gasteiger partial charge in [0.2, 0.25) is 0 Å². The van der Waals surface area contributed by atoms with Gasteiger partial charge in [-0.15, -0.1) is 5.23 Å². The fourth-order valence-electron chi connectivity index (χ4n) is 2.50. The van der Waals surface area contributed by atoms with Crippen LogP contribution in [0.5, 0.6) is 0 Å². The number of hydrogen-bond donors (Lipinski definition) is 3. The first-order valence-corrected chi connectivity index (χ1v) is 7.22. The Hall–Kier alpha value is -2.45. The largest absolute Gasteiger partial charge is 0.392 e. The molecule has 8 heteroatoms. The first-order valence-electron chi connectivity index (χ1n) is 6.85. The third-order valence-electron chi connectivity index (χ3n) is 3.65. The lowest BCUT2D eigenvalue weighted by Gasteiger charge is -2.12. The van der Waals surface area contributed by atoms with Crippen molar-refractivity contribution in [1.82, 2.24) is 4.57 Å². The Balaban J connectivity index is 2.14. The predicted octanol–water partition coefficient (Wildman–Crippen LogP) is 3.20. The molecule has 0 atom stereocenters. The maximum Gasteiger partial charge on any atom is 0.262 e. The molecule has 6 nitrogen and oxygen atoms in total. The second-order valence-electron chi connectivity index (χ2n) is 5.10. The fraction of sp³-hybridized carbons (Fsp3) is 0.0625. The number of carbonyl (C=O) groups is 1. The third-order valence-corrected chi connectivity index (χ3v) is 3.97. The molecule has 0 saturated carbocycles. The summed E-state index contributed by atoms with van der Waals surface area (Å²) < 4.78 is 14.7. The highest BCUT2D eigenvalue weighted by Crippen LogP contribution is 2.27. The van der Waals surface area contributed by atoms with Gasteiger partial charge in [0.1, 0.15) is 11.5 Å². The molecule has 3 aromatic rings. The Labute approximate surface area is 140 Å². The molecular formula is C16H12ClFN2O4. The van der Waals surface area contributed by atoms with Crippen molar-refractivity contribution in [3.63, 3.8) is 0 Å². The van der Waals surface area contributed by atoms with E-state index in [1.807, 2.05) is 0 Å². The number of aliphatic hydroxyl groups excluding tert-OH is 1. The SMILES string of the molecule is O=C(c1ccc(Cl)c(N(O)O)c1)n1cc(CO)c2cc(F)ccc21. The summed E-state index contributed by atoms with van der Waals surface area (Å²) >= 11 is 5.83. The minimum atomic E-state index is -0.494. The van der Waals surface area contributed by atoms with Crippen molar-refractivity contribution >= 4 is 34.1 Å². The average Bonchev–Trinajstić information content (AvgIpc) is 2.92. The molecule has 0 aliphatic carbocycles. The van der Waals surface area contributed by atoms with Gasteiger partial charge in [-0.3, -0.25) is 19.8 Å². The summed E-state index contributed by atoms with van der Waals surface area (Å²) in [6, 6.07) is 7.86. The standard InChI is InChI=1S/C16H12ClFN2O4/c17-13-3-1-9(5-15(13)20(23)24)16(22)19-7-10(8-21)12-6-11(18)2-4-14(12)19/h1-7,21,23-24H,8H2. The lowest BCUT2D eigenvalue weighted by Crippen LogP contribution is -2.15. The molecule has 0 spiro atoms. The molecule has 3 rings (SSSR count). The number of carbonyl (C=O) groups excluding carboxylic acids is 1. The lowest BCUT2D eigenvalue weighted by atomic mass is 10.1. The first-order chi connectivity index (χ1) is 11.4. The summed E-state index contributed by atoms with van der Waals surface area (Å²) in [4.78, 5) is 12.7. The van der Waals surface area contributed by atoms with Crippen LogP contribution >= 0.6 is 11.6 Å². The second-order valence-corrected chi connectivity index (χ2v) is 5.51. The number of fused-ring (bicyclic) bond motifs is 1. The fourth-order valence-corrected chi connectivity index (χ4v) is 2.70. The molecule has 24 heavy (non-hydrogen) atoms. The summed E-state index contributed by atoms with van der Waals surface area (Å²) in [6.45, 7) is -0.354. The van der Waals surface area contributed by atoms with E-state index in [-0.39, 0.29) is 28.1 Å². The maximum atomic E-state index is 13.4. The third kappa shape index (κ3) is 2.74. The van der Waals surface area contributed by atoms with Gasteiger partial charge in [0.25, 0.3) is 5.91 Å². The molecule has 0 bridgehead atoms. The van der Waals surface area contributed by atoms with Crippen LogP contribution in [0, 0.1) is 5.82 Å². The Kier molecular flexibility index (Phi) is 4.25. The van der Waals surface area contributed by atoms with Crippen molar-refractivity contribution in [2.75, 3.05) is 5.23 Å². The van der Waals surface area contributed by atoms with Crippen LogP contribution < -0.4 is 5.23 Å². The van der Waals surface area contributed by atoms with Crippen LogP contribution in [0.25, 0.3) is 10.9 Å². The zero-order valence-corrected chi connectivity index (χ0v) is 12.9. The van der Waals surface area contributed by atoms with Gasteiger partial charge in [0.15, 0.2) is 0 Å². The van der Waals surface area contributed by atoms with E-state index in [2.05, 4.69) is 0 Å². The molecule has 0 radical (unpaired) electrons. The van der Waals surface area contributed by atoms with E-state index in [9.17, 15) is 14.3 Å². The van der Waals surface area contributed by atoms with Crippen LogP contribution in [0.2, 0.25) is 5.02 Å². The van der Waals surface area contributed by atoms with Crippen molar-refractivity contribution in [3.8, 4) is 0 Å². The van der Waals surface area contributed by atoms with Crippen molar-refractivity contribution < 1.29 is 24.7 Å². The topological polar surface area (TPSA) is 85.9 Å². The number of halogens is 2. The molecule has 124 valence electrons. The van der Waals surface area contributed by atoms with Gasteiger partial charge in [-0.1, -0.05) is 11.6 Å². The zero-order chi connectivity index (χ0) is 17.4. The Morgan fingerprint density at radius 1 is 1.21 bits per heavy atom. The lowest BCUT2D eigenvalue weighted by molar-refractivity contribution is 0.0292. The highest BCUT2D eigenvalue weighted by Gasteiger charge is 2.17. The molecule has 0 amide bonds. The molecule has 0 aliphatic heterocycles. The van der Waals surface area contributed by atoms with Crippen molar-refractivity contribution in [2.45, 2.75) is 6.61 Å². The minimum absolute atomic E-state index is 0.0482. The van der Waals surface area contributed by atoms with Gasteiger partial charge < -0.3 is 5.11 Å². The smallest absolute Gasteiger partial charge is 0.262 e. The quantitative estimate of drug-likeness (QED) is 0.631. The number of nitrogens with zero attached hydrogens (tertiary/aromatic N) is 2. The summed E-state index contributed by atoms with van der Waals surface area (Å²) in [5.41, 5.74) is 0.797. The number of aliphatic hydroxyl groups is 1. The van der Waals surface area contributed by atoms with Crippen LogP contribution in [-0.2, 0) is 6.61 Å². The van der Waals surface area contributed by atoms with E-state index in [1.54, 1.807) is 0 Å². The average molecular weight is 351 g/mol. The van der Waals surface area contributed by atoms with Crippen LogP contribution in [0.15, 0.2) is 42.6 Å². The maximum absolute atomic E-state index is 13.4. The van der Waals surface area contributed by atoms with Crippen molar-refractivity contribution in [1.29, 1.82) is 0 Å². The van der Waals surface area contributed by atoms with E-state index in [0.717, 1.165) is 0 Å². The molecule has 0 fully saturated rings. The molecule has 0 saturated heterocycles. The Morgan fingerprint density at radius 3 is 2.62 bits per heavy atom. The first kappa shape index (κ1) is 16.4. The van der Waals surface area contributed by atoms with Crippen molar-refractivity contribution in [3.05, 3.63) is 64.6 Å². The number of benzene rings is 2. The highest BCUT2D eigenvalue weighted by atomic mass is 35.5. The van der Waals surface area contributed by atoms with Gasteiger partial charge in [0.05, 0.1) is 17.1 Å².